The van der Waals surface area contributed by atoms with Gasteiger partial charge in [-0.25, -0.2) is 4.98 Å². The van der Waals surface area contributed by atoms with Gasteiger partial charge in [0.1, 0.15) is 5.75 Å². The summed E-state index contributed by atoms with van der Waals surface area (Å²) in [5, 5.41) is 1.06. The van der Waals surface area contributed by atoms with Gasteiger partial charge in [0.2, 0.25) is 0 Å². The van der Waals surface area contributed by atoms with E-state index in [4.69, 9.17) is 4.74 Å². The second-order valence-corrected chi connectivity index (χ2v) is 6.50. The lowest BCUT2D eigenvalue weighted by atomic mass is 10.1. The standard InChI is InChI=1S/C20H18N2O3S/c1-3-11-22-19(24)16-9-4-5-10-17(16)21-20(22)26-13-18(23)14-7-6-8-15(12-14)25-2/h3-10,12H,1,11,13H2,2H3. The van der Waals surface area contributed by atoms with Crippen molar-refractivity contribution in [2.45, 2.75) is 11.7 Å². The lowest BCUT2D eigenvalue weighted by molar-refractivity contribution is 0.102. The van der Waals surface area contributed by atoms with E-state index in [0.29, 0.717) is 33.9 Å². The molecule has 6 heteroatoms. The van der Waals surface area contributed by atoms with Gasteiger partial charge in [0.15, 0.2) is 10.9 Å². The number of fused-ring (bicyclic) bond motifs is 1. The highest BCUT2D eigenvalue weighted by Gasteiger charge is 2.13. The fourth-order valence-electron chi connectivity index (χ4n) is 2.56. The molecule has 1 aromatic heterocycles. The van der Waals surface area contributed by atoms with Crippen LogP contribution in [0.5, 0.6) is 5.75 Å². The van der Waals surface area contributed by atoms with Gasteiger partial charge >= 0.3 is 0 Å². The Hall–Kier alpha value is -2.86. The van der Waals surface area contributed by atoms with Gasteiger partial charge in [0.25, 0.3) is 5.56 Å². The van der Waals surface area contributed by atoms with Gasteiger partial charge in [-0.05, 0) is 24.3 Å². The van der Waals surface area contributed by atoms with Gasteiger partial charge in [0, 0.05) is 12.1 Å². The van der Waals surface area contributed by atoms with Crippen molar-refractivity contribution in [2.75, 3.05) is 12.9 Å². The molecule has 0 aliphatic heterocycles. The van der Waals surface area contributed by atoms with Crippen molar-refractivity contribution in [1.82, 2.24) is 9.55 Å². The van der Waals surface area contributed by atoms with E-state index in [1.54, 1.807) is 54.2 Å². The number of allylic oxidation sites excluding steroid dienone is 1. The van der Waals surface area contributed by atoms with E-state index in [1.807, 2.05) is 12.1 Å². The largest absolute Gasteiger partial charge is 0.497 e. The Kier molecular flexibility index (Phi) is 5.53. The normalized spacial score (nSPS) is 10.7. The topological polar surface area (TPSA) is 61.2 Å². The highest BCUT2D eigenvalue weighted by molar-refractivity contribution is 7.99. The average Bonchev–Trinajstić information content (AvgIpc) is 2.68. The van der Waals surface area contributed by atoms with Crippen LogP contribution in [0, 0.1) is 0 Å². The van der Waals surface area contributed by atoms with Gasteiger partial charge in [-0.3, -0.25) is 14.2 Å². The van der Waals surface area contributed by atoms with E-state index in [0.717, 1.165) is 0 Å². The molecule has 132 valence electrons. The number of nitrogens with zero attached hydrogens (tertiary/aromatic N) is 2. The van der Waals surface area contributed by atoms with E-state index in [-0.39, 0.29) is 17.1 Å². The van der Waals surface area contributed by atoms with Crippen molar-refractivity contribution >= 4 is 28.4 Å². The van der Waals surface area contributed by atoms with Crippen molar-refractivity contribution in [2.24, 2.45) is 0 Å². The van der Waals surface area contributed by atoms with Crippen LogP contribution in [-0.4, -0.2) is 28.2 Å². The summed E-state index contributed by atoms with van der Waals surface area (Å²) < 4.78 is 6.70. The molecule has 1 heterocycles. The number of hydrogen-bond acceptors (Lipinski definition) is 5. The summed E-state index contributed by atoms with van der Waals surface area (Å²) in [5.41, 5.74) is 1.05. The number of aromatic nitrogens is 2. The van der Waals surface area contributed by atoms with Crippen molar-refractivity contribution in [3.05, 3.63) is 77.1 Å². The summed E-state index contributed by atoms with van der Waals surface area (Å²) in [6, 6.07) is 14.2. The molecular weight excluding hydrogens is 348 g/mol. The fourth-order valence-corrected chi connectivity index (χ4v) is 3.46. The molecule has 3 aromatic rings. The molecule has 0 aliphatic carbocycles. The van der Waals surface area contributed by atoms with Crippen LogP contribution in [0.3, 0.4) is 0 Å². The maximum absolute atomic E-state index is 12.7. The van der Waals surface area contributed by atoms with Crippen molar-refractivity contribution in [3.8, 4) is 5.75 Å². The zero-order valence-electron chi connectivity index (χ0n) is 14.3. The number of benzene rings is 2. The summed E-state index contributed by atoms with van der Waals surface area (Å²) in [5.74, 6) is 0.754. The van der Waals surface area contributed by atoms with E-state index in [1.165, 1.54) is 11.8 Å². The Morgan fingerprint density at radius 3 is 2.85 bits per heavy atom. The summed E-state index contributed by atoms with van der Waals surface area (Å²) in [7, 11) is 1.56. The van der Waals surface area contributed by atoms with E-state index in [9.17, 15) is 9.59 Å². The number of thioether (sulfide) groups is 1. The SMILES string of the molecule is C=CCn1c(SCC(=O)c2cccc(OC)c2)nc2ccccc2c1=O. The number of Topliss-reactive ketones (excluding diaryl/α,β-unsaturated/α-hetero) is 1. The Morgan fingerprint density at radius 1 is 1.27 bits per heavy atom. The molecule has 0 saturated carbocycles. The third-order valence-electron chi connectivity index (χ3n) is 3.86. The van der Waals surface area contributed by atoms with Gasteiger partial charge in [-0.2, -0.15) is 0 Å². The number of carbonyl (C=O) groups excluding carboxylic acids is 1. The summed E-state index contributed by atoms with van der Waals surface area (Å²) >= 11 is 1.25. The Labute approximate surface area is 155 Å². The maximum Gasteiger partial charge on any atom is 0.262 e. The Bertz CT molecular complexity index is 1030. The van der Waals surface area contributed by atoms with Crippen molar-refractivity contribution in [1.29, 1.82) is 0 Å². The number of carbonyl (C=O) groups is 1. The molecule has 0 unspecified atom stereocenters. The number of rotatable bonds is 7. The summed E-state index contributed by atoms with van der Waals surface area (Å²) in [4.78, 5) is 29.7. The monoisotopic (exact) mass is 366 g/mol. The van der Waals surface area contributed by atoms with Crippen LogP contribution < -0.4 is 10.3 Å². The predicted octanol–water partition coefficient (Wildman–Crippen LogP) is 3.57. The number of ether oxygens (including phenoxy) is 1. The first kappa shape index (κ1) is 17.9. The molecule has 0 radical (unpaired) electrons. The Morgan fingerprint density at radius 2 is 2.08 bits per heavy atom. The maximum atomic E-state index is 12.7. The lowest BCUT2D eigenvalue weighted by Gasteiger charge is -2.11. The minimum atomic E-state index is -0.133. The zero-order chi connectivity index (χ0) is 18.5. The minimum Gasteiger partial charge on any atom is -0.497 e. The number of hydrogen-bond donors (Lipinski definition) is 0. The summed E-state index contributed by atoms with van der Waals surface area (Å²) in [6.07, 6.45) is 1.64. The molecule has 0 saturated heterocycles. The second kappa shape index (κ2) is 8.01. The molecule has 26 heavy (non-hydrogen) atoms. The van der Waals surface area contributed by atoms with Gasteiger partial charge in [-0.1, -0.05) is 42.1 Å². The molecular formula is C20H18N2O3S. The number of ketones is 1. The predicted molar refractivity (Wildman–Crippen MR) is 104 cm³/mol. The quantitative estimate of drug-likeness (QED) is 0.277. The molecule has 2 aromatic carbocycles. The fraction of sp³-hybridized carbons (Fsp3) is 0.150. The third kappa shape index (κ3) is 3.70. The second-order valence-electron chi connectivity index (χ2n) is 5.56. The van der Waals surface area contributed by atoms with Crippen LogP contribution in [-0.2, 0) is 6.54 Å². The van der Waals surface area contributed by atoms with Crippen LogP contribution in [0.4, 0.5) is 0 Å². The van der Waals surface area contributed by atoms with Crippen molar-refractivity contribution in [3.63, 3.8) is 0 Å². The molecule has 0 N–H and O–H groups in total. The number of methoxy groups -OCH3 is 1. The van der Waals surface area contributed by atoms with Gasteiger partial charge in [-0.15, -0.1) is 6.58 Å². The minimum absolute atomic E-state index is 0.0542. The first-order valence-corrected chi connectivity index (χ1v) is 9.03. The van der Waals surface area contributed by atoms with Crippen LogP contribution in [0.1, 0.15) is 10.4 Å². The molecule has 0 aliphatic rings. The summed E-state index contributed by atoms with van der Waals surface area (Å²) in [6.45, 7) is 4.04. The molecule has 0 spiro atoms. The number of para-hydroxylation sites is 1. The highest BCUT2D eigenvalue weighted by atomic mass is 32.2. The first-order chi connectivity index (χ1) is 12.6. The van der Waals surface area contributed by atoms with E-state index >= 15 is 0 Å². The smallest absolute Gasteiger partial charge is 0.262 e. The molecule has 0 atom stereocenters. The highest BCUT2D eigenvalue weighted by Crippen LogP contribution is 2.20. The molecule has 0 amide bonds. The van der Waals surface area contributed by atoms with Crippen LogP contribution in [0.25, 0.3) is 10.9 Å². The molecule has 0 fully saturated rings. The van der Waals surface area contributed by atoms with E-state index in [2.05, 4.69) is 11.6 Å². The molecule has 0 bridgehead atoms. The van der Waals surface area contributed by atoms with Crippen molar-refractivity contribution < 1.29 is 9.53 Å². The molecule has 5 nitrogen and oxygen atoms in total. The van der Waals surface area contributed by atoms with Gasteiger partial charge in [0.05, 0.1) is 23.8 Å². The van der Waals surface area contributed by atoms with Gasteiger partial charge < -0.3 is 4.74 Å². The first-order valence-electron chi connectivity index (χ1n) is 8.04. The Balaban J connectivity index is 1.90. The van der Waals surface area contributed by atoms with Crippen LogP contribution in [0.15, 0.2) is 71.1 Å². The lowest BCUT2D eigenvalue weighted by Crippen LogP contribution is -2.23. The van der Waals surface area contributed by atoms with E-state index < -0.39 is 0 Å². The third-order valence-corrected chi connectivity index (χ3v) is 4.84. The average molecular weight is 366 g/mol. The van der Waals surface area contributed by atoms with Crippen LogP contribution >= 0.6 is 11.8 Å². The zero-order valence-corrected chi connectivity index (χ0v) is 15.2. The molecule has 3 rings (SSSR count). The van der Waals surface area contributed by atoms with Crippen LogP contribution in [0.2, 0.25) is 0 Å².